The lowest BCUT2D eigenvalue weighted by Crippen LogP contribution is -2.30. The largest absolute Gasteiger partial charge is 0.339 e. The quantitative estimate of drug-likeness (QED) is 0.850. The molecule has 2 heterocycles. The van der Waals surface area contributed by atoms with Gasteiger partial charge in [0.05, 0.1) is 5.02 Å². The van der Waals surface area contributed by atoms with Crippen molar-refractivity contribution in [2.75, 3.05) is 6.54 Å². The summed E-state index contributed by atoms with van der Waals surface area (Å²) < 4.78 is 5.30. The summed E-state index contributed by atoms with van der Waals surface area (Å²) in [6.45, 7) is 5.20. The van der Waals surface area contributed by atoms with Gasteiger partial charge in [-0.1, -0.05) is 37.0 Å². The maximum absolute atomic E-state index is 5.81. The molecule has 0 saturated carbocycles. The molecule has 0 aromatic carbocycles. The van der Waals surface area contributed by atoms with E-state index in [2.05, 4.69) is 34.3 Å². The molecule has 20 heavy (non-hydrogen) atoms. The normalized spacial score (nSPS) is 12.6. The molecule has 1 atom stereocenters. The number of pyridine rings is 1. The summed E-state index contributed by atoms with van der Waals surface area (Å²) >= 11 is 5.81. The smallest absolute Gasteiger partial charge is 0.228 e. The maximum atomic E-state index is 5.81. The minimum atomic E-state index is 0.372. The molecule has 0 fully saturated rings. The van der Waals surface area contributed by atoms with Gasteiger partial charge in [-0.3, -0.25) is 4.98 Å². The SMILES string of the molecule is CCCC(Cc1nc(-c2ccc(Cl)cn2)no1)NCC. The lowest BCUT2D eigenvalue weighted by atomic mass is 10.1. The van der Waals surface area contributed by atoms with Crippen molar-refractivity contribution >= 4 is 11.6 Å². The zero-order chi connectivity index (χ0) is 14.4. The average molecular weight is 295 g/mol. The Morgan fingerprint density at radius 3 is 2.85 bits per heavy atom. The van der Waals surface area contributed by atoms with Crippen molar-refractivity contribution in [2.24, 2.45) is 0 Å². The van der Waals surface area contributed by atoms with Gasteiger partial charge in [0.2, 0.25) is 11.7 Å². The van der Waals surface area contributed by atoms with Crippen molar-refractivity contribution < 1.29 is 4.52 Å². The number of hydrogen-bond acceptors (Lipinski definition) is 5. The topological polar surface area (TPSA) is 63.8 Å². The van der Waals surface area contributed by atoms with E-state index in [1.165, 1.54) is 0 Å². The lowest BCUT2D eigenvalue weighted by molar-refractivity contribution is 0.352. The van der Waals surface area contributed by atoms with E-state index in [0.29, 0.717) is 28.5 Å². The van der Waals surface area contributed by atoms with Crippen LogP contribution in [0.4, 0.5) is 0 Å². The summed E-state index contributed by atoms with van der Waals surface area (Å²) in [6, 6.07) is 3.92. The van der Waals surface area contributed by atoms with E-state index >= 15 is 0 Å². The predicted octanol–water partition coefficient (Wildman–Crippen LogP) is 3.11. The molecular weight excluding hydrogens is 276 g/mol. The number of aromatic nitrogens is 3. The van der Waals surface area contributed by atoms with Gasteiger partial charge in [0.1, 0.15) is 5.69 Å². The zero-order valence-electron chi connectivity index (χ0n) is 11.8. The van der Waals surface area contributed by atoms with Gasteiger partial charge < -0.3 is 9.84 Å². The summed E-state index contributed by atoms with van der Waals surface area (Å²) in [5.41, 5.74) is 0.667. The van der Waals surface area contributed by atoms with E-state index in [1.54, 1.807) is 18.3 Å². The first-order valence-electron chi connectivity index (χ1n) is 6.90. The van der Waals surface area contributed by atoms with Gasteiger partial charge in [0, 0.05) is 18.7 Å². The number of hydrogen-bond donors (Lipinski definition) is 1. The molecule has 2 rings (SSSR count). The second-order valence-electron chi connectivity index (χ2n) is 4.62. The number of likely N-dealkylation sites (N-methyl/N-ethyl adjacent to an activating group) is 1. The third-order valence-corrected chi connectivity index (χ3v) is 3.20. The Balaban J connectivity index is 2.06. The highest BCUT2D eigenvalue weighted by molar-refractivity contribution is 6.30. The van der Waals surface area contributed by atoms with Crippen LogP contribution in [0, 0.1) is 0 Å². The van der Waals surface area contributed by atoms with Crippen LogP contribution in [0.5, 0.6) is 0 Å². The van der Waals surface area contributed by atoms with Gasteiger partial charge in [0.25, 0.3) is 0 Å². The van der Waals surface area contributed by atoms with E-state index in [1.807, 2.05) is 0 Å². The number of rotatable bonds is 7. The molecule has 2 aromatic heterocycles. The highest BCUT2D eigenvalue weighted by Gasteiger charge is 2.14. The van der Waals surface area contributed by atoms with E-state index in [0.717, 1.165) is 25.8 Å². The van der Waals surface area contributed by atoms with E-state index in [9.17, 15) is 0 Å². The Hall–Kier alpha value is -1.46. The first kappa shape index (κ1) is 14.9. The molecule has 0 aliphatic rings. The fraction of sp³-hybridized carbons (Fsp3) is 0.500. The lowest BCUT2D eigenvalue weighted by Gasteiger charge is -2.14. The molecule has 0 spiro atoms. The molecule has 2 aromatic rings. The van der Waals surface area contributed by atoms with Crippen molar-refractivity contribution in [3.8, 4) is 11.5 Å². The molecule has 0 aliphatic carbocycles. The Morgan fingerprint density at radius 2 is 2.20 bits per heavy atom. The number of nitrogens with zero attached hydrogens (tertiary/aromatic N) is 3. The second-order valence-corrected chi connectivity index (χ2v) is 5.06. The molecule has 108 valence electrons. The fourth-order valence-electron chi connectivity index (χ4n) is 2.07. The molecule has 0 aliphatic heterocycles. The van der Waals surface area contributed by atoms with E-state index in [-0.39, 0.29) is 0 Å². The van der Waals surface area contributed by atoms with Crippen molar-refractivity contribution in [3.63, 3.8) is 0 Å². The summed E-state index contributed by atoms with van der Waals surface area (Å²) in [5.74, 6) is 1.14. The van der Waals surface area contributed by atoms with E-state index < -0.39 is 0 Å². The highest BCUT2D eigenvalue weighted by atomic mass is 35.5. The second kappa shape index (κ2) is 7.36. The van der Waals surface area contributed by atoms with Gasteiger partial charge in [0.15, 0.2) is 0 Å². The van der Waals surface area contributed by atoms with Crippen LogP contribution in [0.25, 0.3) is 11.5 Å². The van der Waals surface area contributed by atoms with Crippen LogP contribution in [0.1, 0.15) is 32.6 Å². The maximum Gasteiger partial charge on any atom is 0.228 e. The Labute approximate surface area is 123 Å². The average Bonchev–Trinajstić information content (AvgIpc) is 2.89. The van der Waals surface area contributed by atoms with E-state index in [4.69, 9.17) is 16.1 Å². The van der Waals surface area contributed by atoms with Gasteiger partial charge >= 0.3 is 0 Å². The molecular formula is C14H19ClN4O. The van der Waals surface area contributed by atoms with Crippen molar-refractivity contribution in [1.29, 1.82) is 0 Å². The van der Waals surface area contributed by atoms with Gasteiger partial charge in [-0.2, -0.15) is 4.98 Å². The Kier molecular flexibility index (Phi) is 5.49. The third kappa shape index (κ3) is 4.02. The first-order valence-corrected chi connectivity index (χ1v) is 7.28. The zero-order valence-corrected chi connectivity index (χ0v) is 12.5. The molecule has 1 N–H and O–H groups in total. The standard InChI is InChI=1S/C14H19ClN4O/c1-3-5-11(16-4-2)8-13-18-14(19-20-13)12-7-6-10(15)9-17-12/h6-7,9,11,16H,3-5,8H2,1-2H3. The van der Waals surface area contributed by atoms with Crippen LogP contribution in [-0.4, -0.2) is 27.7 Å². The van der Waals surface area contributed by atoms with Crippen LogP contribution in [0.15, 0.2) is 22.9 Å². The van der Waals surface area contributed by atoms with Gasteiger partial charge in [-0.15, -0.1) is 0 Å². The monoisotopic (exact) mass is 294 g/mol. The summed E-state index contributed by atoms with van der Waals surface area (Å²) in [4.78, 5) is 8.57. The number of nitrogens with one attached hydrogen (secondary N) is 1. The molecule has 1 unspecified atom stereocenters. The first-order chi connectivity index (χ1) is 9.72. The molecule has 5 nitrogen and oxygen atoms in total. The molecule has 0 amide bonds. The van der Waals surface area contributed by atoms with Gasteiger partial charge in [-0.05, 0) is 25.1 Å². The van der Waals surface area contributed by atoms with Gasteiger partial charge in [-0.25, -0.2) is 0 Å². The summed E-state index contributed by atoms with van der Waals surface area (Å²) in [5, 5.41) is 7.99. The summed E-state index contributed by atoms with van der Waals surface area (Å²) in [7, 11) is 0. The van der Waals surface area contributed by atoms with Crippen LogP contribution >= 0.6 is 11.6 Å². The predicted molar refractivity (Wildman–Crippen MR) is 78.6 cm³/mol. The molecule has 0 bridgehead atoms. The minimum absolute atomic E-state index is 0.372. The van der Waals surface area contributed by atoms with Crippen molar-refractivity contribution in [2.45, 2.75) is 39.2 Å². The van der Waals surface area contributed by atoms with Crippen LogP contribution in [0.3, 0.4) is 0 Å². The van der Waals surface area contributed by atoms with Crippen molar-refractivity contribution in [1.82, 2.24) is 20.4 Å². The molecule has 0 radical (unpaired) electrons. The number of halogens is 1. The fourth-order valence-corrected chi connectivity index (χ4v) is 2.19. The Bertz CT molecular complexity index is 520. The van der Waals surface area contributed by atoms with Crippen LogP contribution < -0.4 is 5.32 Å². The Morgan fingerprint density at radius 1 is 1.35 bits per heavy atom. The highest BCUT2D eigenvalue weighted by Crippen LogP contribution is 2.16. The molecule has 0 saturated heterocycles. The van der Waals surface area contributed by atoms with Crippen LogP contribution in [-0.2, 0) is 6.42 Å². The van der Waals surface area contributed by atoms with Crippen molar-refractivity contribution in [3.05, 3.63) is 29.2 Å². The minimum Gasteiger partial charge on any atom is -0.339 e. The third-order valence-electron chi connectivity index (χ3n) is 2.98. The molecule has 6 heteroatoms. The van der Waals surface area contributed by atoms with Crippen LogP contribution in [0.2, 0.25) is 5.02 Å². The summed E-state index contributed by atoms with van der Waals surface area (Å²) in [6.07, 6.45) is 4.52.